The second kappa shape index (κ2) is 6.70. The molecule has 1 aromatic rings. The van der Waals surface area contributed by atoms with Crippen LogP contribution in [0.15, 0.2) is 24.3 Å². The van der Waals surface area contributed by atoms with Gasteiger partial charge in [-0.05, 0) is 43.0 Å². The van der Waals surface area contributed by atoms with E-state index in [9.17, 15) is 5.11 Å². The summed E-state index contributed by atoms with van der Waals surface area (Å²) in [4.78, 5) is 2.35. The Balaban J connectivity index is 1.87. The van der Waals surface area contributed by atoms with Gasteiger partial charge in [-0.15, -0.1) is 0 Å². The number of β-amino-alcohol motifs (C(OH)–C–C–N with tert-alkyl or cyclic N) is 1. The molecule has 0 aliphatic carbocycles. The van der Waals surface area contributed by atoms with Crippen LogP contribution in [0, 0.1) is 17.2 Å². The van der Waals surface area contributed by atoms with Gasteiger partial charge in [-0.25, -0.2) is 0 Å². The number of aliphatic hydroxyl groups is 1. The molecule has 1 N–H and O–H groups in total. The monoisotopic (exact) mass is 258 g/mol. The summed E-state index contributed by atoms with van der Waals surface area (Å²) >= 11 is 0. The molecule has 1 saturated heterocycles. The van der Waals surface area contributed by atoms with Gasteiger partial charge in [0, 0.05) is 13.1 Å². The molecule has 0 bridgehead atoms. The third-order valence-corrected chi connectivity index (χ3v) is 3.92. The summed E-state index contributed by atoms with van der Waals surface area (Å²) in [6, 6.07) is 9.33. The molecule has 0 aromatic heterocycles. The van der Waals surface area contributed by atoms with Crippen LogP contribution in [-0.4, -0.2) is 29.6 Å². The summed E-state index contributed by atoms with van der Waals surface area (Å²) in [5, 5.41) is 19.0. The highest BCUT2D eigenvalue weighted by Gasteiger charge is 2.23. The Hall–Kier alpha value is -1.37. The van der Waals surface area contributed by atoms with Crippen molar-refractivity contribution in [3.05, 3.63) is 35.4 Å². The normalized spacial score (nSPS) is 21.2. The van der Waals surface area contributed by atoms with E-state index in [1.165, 1.54) is 19.3 Å². The molecular weight excluding hydrogens is 236 g/mol. The minimum atomic E-state index is -0.451. The fourth-order valence-electron chi connectivity index (χ4n) is 2.85. The number of nitrogens with zero attached hydrogens (tertiary/aromatic N) is 2. The van der Waals surface area contributed by atoms with E-state index in [0.29, 0.717) is 12.1 Å². The lowest BCUT2D eigenvalue weighted by molar-refractivity contribution is 0.124. The van der Waals surface area contributed by atoms with Crippen LogP contribution in [0.5, 0.6) is 0 Å². The zero-order valence-corrected chi connectivity index (χ0v) is 11.5. The molecule has 0 radical (unpaired) electrons. The van der Waals surface area contributed by atoms with Crippen LogP contribution < -0.4 is 0 Å². The summed E-state index contributed by atoms with van der Waals surface area (Å²) in [5.41, 5.74) is 1.54. The van der Waals surface area contributed by atoms with Crippen molar-refractivity contribution in [1.82, 2.24) is 4.90 Å². The predicted octanol–water partition coefficient (Wildman–Crippen LogP) is 2.71. The van der Waals surface area contributed by atoms with Crippen molar-refractivity contribution in [2.75, 3.05) is 19.6 Å². The third-order valence-electron chi connectivity index (χ3n) is 3.92. The quantitative estimate of drug-likeness (QED) is 0.883. The Morgan fingerprint density at radius 2 is 2.16 bits per heavy atom. The van der Waals surface area contributed by atoms with Crippen molar-refractivity contribution >= 4 is 0 Å². The zero-order chi connectivity index (χ0) is 13.7. The van der Waals surface area contributed by atoms with E-state index in [1.807, 2.05) is 12.1 Å². The van der Waals surface area contributed by atoms with E-state index < -0.39 is 6.10 Å². The summed E-state index contributed by atoms with van der Waals surface area (Å²) in [6.45, 7) is 5.14. The highest BCUT2D eigenvalue weighted by atomic mass is 16.3. The molecule has 0 spiro atoms. The molecule has 1 aromatic carbocycles. The minimum absolute atomic E-state index is 0.451. The third kappa shape index (κ3) is 3.79. The van der Waals surface area contributed by atoms with Gasteiger partial charge in [0.1, 0.15) is 0 Å². The van der Waals surface area contributed by atoms with Crippen molar-refractivity contribution in [3.63, 3.8) is 0 Å². The van der Waals surface area contributed by atoms with Gasteiger partial charge in [-0.2, -0.15) is 5.26 Å². The lowest BCUT2D eigenvalue weighted by Crippen LogP contribution is -2.26. The molecule has 2 unspecified atom stereocenters. The number of benzene rings is 1. The predicted molar refractivity (Wildman–Crippen MR) is 75.6 cm³/mol. The molecule has 1 aliphatic rings. The number of aliphatic hydroxyl groups excluding tert-OH is 1. The molecule has 1 fully saturated rings. The maximum Gasteiger partial charge on any atom is 0.0991 e. The average molecular weight is 258 g/mol. The fourth-order valence-corrected chi connectivity index (χ4v) is 2.85. The molecule has 1 heterocycles. The topological polar surface area (TPSA) is 47.3 Å². The van der Waals surface area contributed by atoms with Gasteiger partial charge >= 0.3 is 0 Å². The van der Waals surface area contributed by atoms with Crippen molar-refractivity contribution < 1.29 is 5.11 Å². The minimum Gasteiger partial charge on any atom is -0.387 e. The van der Waals surface area contributed by atoms with Gasteiger partial charge in [0.05, 0.1) is 17.7 Å². The summed E-state index contributed by atoms with van der Waals surface area (Å²) < 4.78 is 0. The number of rotatable bonds is 5. The molecule has 102 valence electrons. The van der Waals surface area contributed by atoms with Gasteiger partial charge in [-0.1, -0.05) is 25.5 Å². The second-order valence-corrected chi connectivity index (χ2v) is 5.45. The van der Waals surface area contributed by atoms with Crippen molar-refractivity contribution in [3.8, 4) is 6.07 Å². The average Bonchev–Trinajstić information content (AvgIpc) is 2.86. The number of hydrogen-bond acceptors (Lipinski definition) is 3. The maximum atomic E-state index is 10.2. The van der Waals surface area contributed by atoms with Crippen LogP contribution in [0.4, 0.5) is 0 Å². The van der Waals surface area contributed by atoms with Crippen LogP contribution >= 0.6 is 0 Å². The van der Waals surface area contributed by atoms with Gasteiger partial charge < -0.3 is 10.0 Å². The van der Waals surface area contributed by atoms with Gasteiger partial charge in [0.25, 0.3) is 0 Å². The number of hydrogen-bond donors (Lipinski definition) is 1. The first-order chi connectivity index (χ1) is 9.22. The molecule has 3 heteroatoms. The Kier molecular flexibility index (Phi) is 4.95. The SMILES string of the molecule is CCCC1CCN(CC(O)c2ccc(C#N)cc2)C1. The van der Waals surface area contributed by atoms with E-state index in [1.54, 1.807) is 12.1 Å². The molecule has 1 aliphatic heterocycles. The first-order valence-electron chi connectivity index (χ1n) is 7.13. The molecule has 0 saturated carbocycles. The Labute approximate surface area is 115 Å². The largest absolute Gasteiger partial charge is 0.387 e. The lowest BCUT2D eigenvalue weighted by Gasteiger charge is -2.20. The van der Waals surface area contributed by atoms with E-state index in [4.69, 9.17) is 5.26 Å². The molecule has 0 amide bonds. The number of nitriles is 1. The van der Waals surface area contributed by atoms with Gasteiger partial charge in [0.2, 0.25) is 0 Å². The van der Waals surface area contributed by atoms with E-state index in [2.05, 4.69) is 17.9 Å². The smallest absolute Gasteiger partial charge is 0.0991 e. The van der Waals surface area contributed by atoms with Crippen molar-refractivity contribution in [1.29, 1.82) is 5.26 Å². The second-order valence-electron chi connectivity index (χ2n) is 5.45. The van der Waals surface area contributed by atoms with Gasteiger partial charge in [-0.3, -0.25) is 0 Å². The van der Waals surface area contributed by atoms with E-state index in [-0.39, 0.29) is 0 Å². The van der Waals surface area contributed by atoms with Crippen LogP contribution in [0.3, 0.4) is 0 Å². The van der Waals surface area contributed by atoms with Gasteiger partial charge in [0.15, 0.2) is 0 Å². The fraction of sp³-hybridized carbons (Fsp3) is 0.562. The van der Waals surface area contributed by atoms with Crippen molar-refractivity contribution in [2.24, 2.45) is 5.92 Å². The highest BCUT2D eigenvalue weighted by Crippen LogP contribution is 2.23. The zero-order valence-electron chi connectivity index (χ0n) is 11.5. The first kappa shape index (κ1) is 14.0. The van der Waals surface area contributed by atoms with Crippen LogP contribution in [0.1, 0.15) is 43.4 Å². The maximum absolute atomic E-state index is 10.2. The standard InChI is InChI=1S/C16H22N2O/c1-2-3-14-8-9-18(11-14)12-16(19)15-6-4-13(10-17)5-7-15/h4-7,14,16,19H,2-3,8-9,11-12H2,1H3. The summed E-state index contributed by atoms with van der Waals surface area (Å²) in [5.74, 6) is 0.804. The Bertz CT molecular complexity index is 435. The van der Waals surface area contributed by atoms with Crippen LogP contribution in [-0.2, 0) is 0 Å². The number of likely N-dealkylation sites (tertiary alicyclic amines) is 1. The van der Waals surface area contributed by atoms with Crippen LogP contribution in [0.2, 0.25) is 0 Å². The van der Waals surface area contributed by atoms with E-state index >= 15 is 0 Å². The van der Waals surface area contributed by atoms with Crippen molar-refractivity contribution in [2.45, 2.75) is 32.3 Å². The summed E-state index contributed by atoms with van der Waals surface area (Å²) in [7, 11) is 0. The summed E-state index contributed by atoms with van der Waals surface area (Å²) in [6.07, 6.45) is 3.35. The Morgan fingerprint density at radius 3 is 2.79 bits per heavy atom. The molecule has 2 atom stereocenters. The van der Waals surface area contributed by atoms with Crippen LogP contribution in [0.25, 0.3) is 0 Å². The molecule has 3 nitrogen and oxygen atoms in total. The Morgan fingerprint density at radius 1 is 1.42 bits per heavy atom. The first-order valence-corrected chi connectivity index (χ1v) is 7.13. The molecule has 2 rings (SSSR count). The highest BCUT2D eigenvalue weighted by molar-refractivity contribution is 5.32. The molecular formula is C16H22N2O. The lowest BCUT2D eigenvalue weighted by atomic mass is 10.0. The van der Waals surface area contributed by atoms with E-state index in [0.717, 1.165) is 24.6 Å². The molecule has 19 heavy (non-hydrogen) atoms.